The molecule has 0 atom stereocenters. The van der Waals surface area contributed by atoms with Gasteiger partial charge in [-0.15, -0.1) is 0 Å². The van der Waals surface area contributed by atoms with Gasteiger partial charge in [0.1, 0.15) is 6.61 Å². The molecular weight excluding hydrogens is 449 g/mol. The van der Waals surface area contributed by atoms with Crippen molar-refractivity contribution in [3.8, 4) is 11.5 Å². The number of carbonyl (C=O) groups is 1. The molecular formula is C25H19Cl2NO4. The molecule has 0 unspecified atom stereocenters. The molecule has 0 aliphatic carbocycles. The lowest BCUT2D eigenvalue weighted by atomic mass is 10.1. The Hall–Kier alpha value is -3.28. The number of carbonyl (C=O) groups excluding carboxylic acids is 1. The minimum absolute atomic E-state index is 0.187. The van der Waals surface area contributed by atoms with E-state index in [1.165, 1.54) is 0 Å². The number of cyclic esters (lactones) is 1. The number of rotatable bonds is 7. The number of ether oxygens (including phenoxy) is 3. The van der Waals surface area contributed by atoms with Crippen LogP contribution < -0.4 is 9.47 Å². The fraction of sp³-hybridized carbons (Fsp3) is 0.120. The van der Waals surface area contributed by atoms with Crippen molar-refractivity contribution in [1.29, 1.82) is 0 Å². The maximum Gasteiger partial charge on any atom is 0.363 e. The quantitative estimate of drug-likeness (QED) is 0.301. The van der Waals surface area contributed by atoms with Crippen LogP contribution in [0.25, 0.3) is 6.08 Å². The molecule has 0 aromatic heterocycles. The van der Waals surface area contributed by atoms with Crippen molar-refractivity contribution in [3.63, 3.8) is 0 Å². The molecule has 0 spiro atoms. The first-order valence-electron chi connectivity index (χ1n) is 9.95. The summed E-state index contributed by atoms with van der Waals surface area (Å²) >= 11 is 12.2. The Kier molecular flexibility index (Phi) is 6.78. The summed E-state index contributed by atoms with van der Waals surface area (Å²) in [5.41, 5.74) is 2.42. The van der Waals surface area contributed by atoms with Crippen LogP contribution in [0.5, 0.6) is 11.5 Å². The zero-order chi connectivity index (χ0) is 22.5. The number of esters is 1. The maximum absolute atomic E-state index is 12.3. The average molecular weight is 468 g/mol. The van der Waals surface area contributed by atoms with Gasteiger partial charge in [-0.25, -0.2) is 9.79 Å². The highest BCUT2D eigenvalue weighted by atomic mass is 35.5. The lowest BCUT2D eigenvalue weighted by Gasteiger charge is -2.13. The third kappa shape index (κ3) is 5.13. The fourth-order valence-electron chi connectivity index (χ4n) is 3.08. The molecule has 3 aromatic rings. The molecule has 7 heteroatoms. The highest BCUT2D eigenvalue weighted by molar-refractivity contribution is 6.31. The summed E-state index contributed by atoms with van der Waals surface area (Å²) in [6.07, 6.45) is 1.64. The lowest BCUT2D eigenvalue weighted by Crippen LogP contribution is -2.05. The highest BCUT2D eigenvalue weighted by Crippen LogP contribution is 2.31. The molecule has 0 saturated heterocycles. The van der Waals surface area contributed by atoms with Gasteiger partial charge in [-0.3, -0.25) is 0 Å². The normalized spacial score (nSPS) is 14.3. The summed E-state index contributed by atoms with van der Waals surface area (Å²) in [7, 11) is 0. The smallest absolute Gasteiger partial charge is 0.363 e. The molecule has 0 radical (unpaired) electrons. The Morgan fingerprint density at radius 1 is 0.969 bits per heavy atom. The standard InChI is InChI=1S/C25H19Cl2NO4/c1-2-30-23-13-16(10-11-22(23)31-15-18-6-3-4-9-20(18)27)12-21-25(29)32-24(28-21)17-7-5-8-19(26)14-17/h3-14H,2,15H2,1H3. The van der Waals surface area contributed by atoms with E-state index in [0.29, 0.717) is 40.3 Å². The van der Waals surface area contributed by atoms with E-state index in [-0.39, 0.29) is 11.6 Å². The summed E-state index contributed by atoms with van der Waals surface area (Å²) in [5, 5.41) is 1.17. The van der Waals surface area contributed by atoms with Crippen molar-refractivity contribution in [2.75, 3.05) is 6.61 Å². The summed E-state index contributed by atoms with van der Waals surface area (Å²) in [6, 6.07) is 19.9. The molecule has 3 aromatic carbocycles. The van der Waals surface area contributed by atoms with E-state index in [9.17, 15) is 4.79 Å². The van der Waals surface area contributed by atoms with Crippen LogP contribution >= 0.6 is 23.2 Å². The van der Waals surface area contributed by atoms with E-state index in [1.54, 1.807) is 42.5 Å². The van der Waals surface area contributed by atoms with E-state index in [2.05, 4.69) is 4.99 Å². The second-order valence-electron chi connectivity index (χ2n) is 6.87. The molecule has 1 aliphatic rings. The van der Waals surface area contributed by atoms with Gasteiger partial charge < -0.3 is 14.2 Å². The first-order valence-corrected chi connectivity index (χ1v) is 10.7. The molecule has 4 rings (SSSR count). The first kappa shape index (κ1) is 21.9. The lowest BCUT2D eigenvalue weighted by molar-refractivity contribution is -0.129. The molecule has 0 amide bonds. The zero-order valence-corrected chi connectivity index (χ0v) is 18.7. The monoisotopic (exact) mass is 467 g/mol. The van der Waals surface area contributed by atoms with Crippen molar-refractivity contribution in [2.24, 2.45) is 4.99 Å². The second kappa shape index (κ2) is 9.90. The van der Waals surface area contributed by atoms with Gasteiger partial charge in [0.25, 0.3) is 0 Å². The largest absolute Gasteiger partial charge is 0.490 e. The third-order valence-corrected chi connectivity index (χ3v) is 5.21. The molecule has 162 valence electrons. The Bertz CT molecular complexity index is 1220. The van der Waals surface area contributed by atoms with Crippen LogP contribution in [0.2, 0.25) is 10.0 Å². The molecule has 5 nitrogen and oxygen atoms in total. The Labute approximate surface area is 195 Å². The average Bonchev–Trinajstić information content (AvgIpc) is 3.15. The van der Waals surface area contributed by atoms with Crippen molar-refractivity contribution < 1.29 is 19.0 Å². The summed E-state index contributed by atoms with van der Waals surface area (Å²) in [6.45, 7) is 2.65. The molecule has 0 N–H and O–H groups in total. The van der Waals surface area contributed by atoms with Gasteiger partial charge in [0.2, 0.25) is 5.90 Å². The summed E-state index contributed by atoms with van der Waals surface area (Å²) < 4.78 is 17.0. The van der Waals surface area contributed by atoms with E-state index in [4.69, 9.17) is 37.4 Å². The fourth-order valence-corrected chi connectivity index (χ4v) is 3.47. The Balaban J connectivity index is 1.57. The topological polar surface area (TPSA) is 57.1 Å². The predicted octanol–water partition coefficient (Wildman–Crippen LogP) is 6.32. The molecule has 0 fully saturated rings. The number of benzene rings is 3. The third-order valence-electron chi connectivity index (χ3n) is 4.60. The number of nitrogens with zero attached hydrogens (tertiary/aromatic N) is 1. The maximum atomic E-state index is 12.3. The van der Waals surface area contributed by atoms with Crippen LogP contribution in [0.4, 0.5) is 0 Å². The van der Waals surface area contributed by atoms with Crippen LogP contribution in [0.1, 0.15) is 23.6 Å². The Morgan fingerprint density at radius 2 is 1.81 bits per heavy atom. The van der Waals surface area contributed by atoms with Gasteiger partial charge >= 0.3 is 5.97 Å². The minimum atomic E-state index is -0.531. The zero-order valence-electron chi connectivity index (χ0n) is 17.2. The molecule has 0 saturated carbocycles. The van der Waals surface area contributed by atoms with Crippen molar-refractivity contribution >= 4 is 41.1 Å². The van der Waals surface area contributed by atoms with Crippen molar-refractivity contribution in [2.45, 2.75) is 13.5 Å². The van der Waals surface area contributed by atoms with Crippen LogP contribution in [-0.2, 0) is 16.1 Å². The van der Waals surface area contributed by atoms with E-state index < -0.39 is 5.97 Å². The van der Waals surface area contributed by atoms with Gasteiger partial charge in [0.15, 0.2) is 17.2 Å². The first-order chi connectivity index (χ1) is 15.5. The number of hydrogen-bond acceptors (Lipinski definition) is 5. The van der Waals surface area contributed by atoms with E-state index in [0.717, 1.165) is 11.1 Å². The molecule has 1 heterocycles. The van der Waals surface area contributed by atoms with Gasteiger partial charge in [-0.1, -0.05) is 53.5 Å². The number of aliphatic imine (C=N–C) groups is 1. The van der Waals surface area contributed by atoms with Gasteiger partial charge in [0.05, 0.1) is 6.61 Å². The van der Waals surface area contributed by atoms with Crippen LogP contribution in [0, 0.1) is 0 Å². The summed E-state index contributed by atoms with van der Waals surface area (Å²) in [5.74, 6) is 0.816. The predicted molar refractivity (Wildman–Crippen MR) is 125 cm³/mol. The molecule has 1 aliphatic heterocycles. The molecule has 0 bridgehead atoms. The number of halogens is 2. The van der Waals surface area contributed by atoms with Gasteiger partial charge in [-0.2, -0.15) is 0 Å². The van der Waals surface area contributed by atoms with E-state index >= 15 is 0 Å². The van der Waals surface area contributed by atoms with Crippen LogP contribution in [0.3, 0.4) is 0 Å². The van der Waals surface area contributed by atoms with Crippen LogP contribution in [0.15, 0.2) is 77.4 Å². The van der Waals surface area contributed by atoms with Crippen molar-refractivity contribution in [1.82, 2.24) is 0 Å². The Morgan fingerprint density at radius 3 is 2.59 bits per heavy atom. The molecule has 32 heavy (non-hydrogen) atoms. The highest BCUT2D eigenvalue weighted by Gasteiger charge is 2.24. The van der Waals surface area contributed by atoms with Crippen LogP contribution in [-0.4, -0.2) is 18.5 Å². The van der Waals surface area contributed by atoms with E-state index in [1.807, 2.05) is 37.3 Å². The SMILES string of the molecule is CCOc1cc(C=C2N=C(c3cccc(Cl)c3)OC2=O)ccc1OCc1ccccc1Cl. The number of hydrogen-bond donors (Lipinski definition) is 0. The second-order valence-corrected chi connectivity index (χ2v) is 7.71. The summed E-state index contributed by atoms with van der Waals surface area (Å²) in [4.78, 5) is 16.6. The van der Waals surface area contributed by atoms with Gasteiger partial charge in [0, 0.05) is 21.2 Å². The van der Waals surface area contributed by atoms with Gasteiger partial charge in [-0.05, 0) is 55.0 Å². The minimum Gasteiger partial charge on any atom is -0.490 e. The van der Waals surface area contributed by atoms with Crippen molar-refractivity contribution in [3.05, 3.63) is 99.2 Å².